The Hall–Kier alpha value is -2.88. The molecule has 0 spiro atoms. The van der Waals surface area contributed by atoms with Crippen molar-refractivity contribution in [1.82, 2.24) is 15.1 Å². The van der Waals surface area contributed by atoms with Gasteiger partial charge in [0.15, 0.2) is 0 Å². The molecule has 1 N–H and O–H groups in total. The van der Waals surface area contributed by atoms with E-state index in [0.717, 1.165) is 29.9 Å². The number of benzene rings is 2. The highest BCUT2D eigenvalue weighted by atomic mass is 16.1. The lowest BCUT2D eigenvalue weighted by molar-refractivity contribution is -0.121. The standard InChI is InChI=1S/C23H27N3O/c1-17-8-7-11-20(14-17)12-13-23(27)24-15-22-18(2)25-26(19(22)3)16-21-9-5-4-6-10-21/h4-11,14H,12-13,15-16H2,1-3H3,(H,24,27). The van der Waals surface area contributed by atoms with Crippen LogP contribution in [-0.2, 0) is 24.3 Å². The monoisotopic (exact) mass is 361 g/mol. The number of hydrogen-bond donors (Lipinski definition) is 1. The first-order valence-corrected chi connectivity index (χ1v) is 9.42. The lowest BCUT2D eigenvalue weighted by atomic mass is 10.1. The predicted octanol–water partition coefficient (Wildman–Crippen LogP) is 4.11. The summed E-state index contributed by atoms with van der Waals surface area (Å²) in [5, 5.41) is 7.70. The molecule has 3 aromatic rings. The molecule has 0 aliphatic heterocycles. The molecule has 4 heteroatoms. The largest absolute Gasteiger partial charge is 0.352 e. The quantitative estimate of drug-likeness (QED) is 0.688. The zero-order valence-corrected chi connectivity index (χ0v) is 16.3. The van der Waals surface area contributed by atoms with Crippen molar-refractivity contribution >= 4 is 5.91 Å². The van der Waals surface area contributed by atoms with Crippen molar-refractivity contribution in [2.24, 2.45) is 0 Å². The fourth-order valence-corrected chi connectivity index (χ4v) is 3.30. The predicted molar refractivity (Wildman–Crippen MR) is 109 cm³/mol. The molecular formula is C23H27N3O. The van der Waals surface area contributed by atoms with Crippen LogP contribution in [0.4, 0.5) is 0 Å². The molecule has 3 rings (SSSR count). The van der Waals surface area contributed by atoms with Crippen LogP contribution in [0, 0.1) is 20.8 Å². The minimum atomic E-state index is 0.0751. The Bertz CT molecular complexity index is 913. The van der Waals surface area contributed by atoms with Gasteiger partial charge in [0.2, 0.25) is 5.91 Å². The molecule has 0 unspecified atom stereocenters. The van der Waals surface area contributed by atoms with Gasteiger partial charge >= 0.3 is 0 Å². The van der Waals surface area contributed by atoms with Crippen molar-refractivity contribution in [1.29, 1.82) is 0 Å². The lowest BCUT2D eigenvalue weighted by Crippen LogP contribution is -2.23. The van der Waals surface area contributed by atoms with Gasteiger partial charge in [-0.2, -0.15) is 5.10 Å². The summed E-state index contributed by atoms with van der Waals surface area (Å²) in [6.07, 6.45) is 1.26. The first-order chi connectivity index (χ1) is 13.0. The molecule has 0 saturated carbocycles. The molecule has 27 heavy (non-hydrogen) atoms. The van der Waals surface area contributed by atoms with Gasteiger partial charge in [-0.1, -0.05) is 60.2 Å². The summed E-state index contributed by atoms with van der Waals surface area (Å²) >= 11 is 0. The minimum Gasteiger partial charge on any atom is -0.352 e. The second-order valence-corrected chi connectivity index (χ2v) is 7.06. The molecule has 0 radical (unpaired) electrons. The third-order valence-corrected chi connectivity index (χ3v) is 4.89. The summed E-state index contributed by atoms with van der Waals surface area (Å²) in [6.45, 7) is 7.41. The smallest absolute Gasteiger partial charge is 0.220 e. The molecule has 0 saturated heterocycles. The molecule has 1 aromatic heterocycles. The van der Waals surface area contributed by atoms with E-state index in [1.807, 2.05) is 35.9 Å². The Kier molecular flexibility index (Phi) is 6.07. The maximum atomic E-state index is 12.3. The molecule has 0 aliphatic rings. The Morgan fingerprint density at radius 2 is 1.74 bits per heavy atom. The molecule has 0 bridgehead atoms. The Morgan fingerprint density at radius 3 is 2.48 bits per heavy atom. The summed E-state index contributed by atoms with van der Waals surface area (Å²) in [5.41, 5.74) is 6.84. The van der Waals surface area contributed by atoms with E-state index < -0.39 is 0 Å². The Balaban J connectivity index is 1.56. The number of nitrogens with one attached hydrogen (secondary N) is 1. The van der Waals surface area contributed by atoms with E-state index in [0.29, 0.717) is 13.0 Å². The van der Waals surface area contributed by atoms with Crippen LogP contribution < -0.4 is 5.32 Å². The van der Waals surface area contributed by atoms with Crippen LogP contribution in [-0.4, -0.2) is 15.7 Å². The van der Waals surface area contributed by atoms with Crippen LogP contribution in [0.3, 0.4) is 0 Å². The van der Waals surface area contributed by atoms with Crippen LogP contribution in [0.2, 0.25) is 0 Å². The van der Waals surface area contributed by atoms with Crippen LogP contribution >= 0.6 is 0 Å². The summed E-state index contributed by atoms with van der Waals surface area (Å²) in [5.74, 6) is 0.0751. The van der Waals surface area contributed by atoms with E-state index in [1.54, 1.807) is 0 Å². The van der Waals surface area contributed by atoms with E-state index in [9.17, 15) is 4.79 Å². The van der Waals surface area contributed by atoms with E-state index in [2.05, 4.69) is 54.6 Å². The average molecular weight is 361 g/mol. The van der Waals surface area contributed by atoms with Gasteiger partial charge < -0.3 is 5.32 Å². The normalized spacial score (nSPS) is 10.8. The van der Waals surface area contributed by atoms with E-state index in [1.165, 1.54) is 16.7 Å². The van der Waals surface area contributed by atoms with Crippen molar-refractivity contribution in [2.45, 2.75) is 46.7 Å². The zero-order chi connectivity index (χ0) is 19.2. The number of nitrogens with zero attached hydrogens (tertiary/aromatic N) is 2. The molecule has 140 valence electrons. The lowest BCUT2D eigenvalue weighted by Gasteiger charge is -2.08. The average Bonchev–Trinajstić information content (AvgIpc) is 2.92. The van der Waals surface area contributed by atoms with E-state index >= 15 is 0 Å². The second-order valence-electron chi connectivity index (χ2n) is 7.06. The summed E-state index contributed by atoms with van der Waals surface area (Å²) in [4.78, 5) is 12.3. The maximum absolute atomic E-state index is 12.3. The maximum Gasteiger partial charge on any atom is 0.220 e. The number of hydrogen-bond acceptors (Lipinski definition) is 2. The van der Waals surface area contributed by atoms with Gasteiger partial charge in [-0.15, -0.1) is 0 Å². The van der Waals surface area contributed by atoms with Gasteiger partial charge in [-0.05, 0) is 38.3 Å². The van der Waals surface area contributed by atoms with Gasteiger partial charge in [-0.25, -0.2) is 0 Å². The summed E-state index contributed by atoms with van der Waals surface area (Å²) < 4.78 is 2.01. The highest BCUT2D eigenvalue weighted by molar-refractivity contribution is 5.76. The number of rotatable bonds is 7. The van der Waals surface area contributed by atoms with Crippen molar-refractivity contribution < 1.29 is 4.79 Å². The van der Waals surface area contributed by atoms with Gasteiger partial charge in [0, 0.05) is 24.2 Å². The number of amides is 1. The molecular weight excluding hydrogens is 334 g/mol. The zero-order valence-electron chi connectivity index (χ0n) is 16.3. The number of aryl methyl sites for hydroxylation is 3. The van der Waals surface area contributed by atoms with Crippen LogP contribution in [0.1, 0.15) is 40.1 Å². The fourth-order valence-electron chi connectivity index (χ4n) is 3.30. The van der Waals surface area contributed by atoms with Crippen molar-refractivity contribution in [2.75, 3.05) is 0 Å². The highest BCUT2D eigenvalue weighted by Gasteiger charge is 2.13. The minimum absolute atomic E-state index is 0.0751. The molecule has 0 aliphatic carbocycles. The summed E-state index contributed by atoms with van der Waals surface area (Å²) in [7, 11) is 0. The van der Waals surface area contributed by atoms with Gasteiger partial charge in [0.1, 0.15) is 0 Å². The third kappa shape index (κ3) is 5.07. The van der Waals surface area contributed by atoms with Crippen molar-refractivity contribution in [3.63, 3.8) is 0 Å². The molecule has 1 heterocycles. The Morgan fingerprint density at radius 1 is 1.00 bits per heavy atom. The topological polar surface area (TPSA) is 46.9 Å². The number of carbonyl (C=O) groups is 1. The third-order valence-electron chi connectivity index (χ3n) is 4.89. The number of aromatic nitrogens is 2. The summed E-state index contributed by atoms with van der Waals surface area (Å²) in [6, 6.07) is 18.6. The molecule has 0 atom stereocenters. The molecule has 0 fully saturated rings. The molecule has 4 nitrogen and oxygen atoms in total. The van der Waals surface area contributed by atoms with Crippen molar-refractivity contribution in [3.8, 4) is 0 Å². The van der Waals surface area contributed by atoms with E-state index in [4.69, 9.17) is 0 Å². The van der Waals surface area contributed by atoms with Gasteiger partial charge in [-0.3, -0.25) is 9.48 Å². The van der Waals surface area contributed by atoms with Gasteiger partial charge in [0.25, 0.3) is 0 Å². The SMILES string of the molecule is Cc1cccc(CCC(=O)NCc2c(C)nn(Cc3ccccc3)c2C)c1. The van der Waals surface area contributed by atoms with Crippen LogP contribution in [0.5, 0.6) is 0 Å². The molecule has 1 amide bonds. The van der Waals surface area contributed by atoms with Crippen molar-refractivity contribution in [3.05, 3.63) is 88.2 Å². The van der Waals surface area contributed by atoms with E-state index in [-0.39, 0.29) is 5.91 Å². The van der Waals surface area contributed by atoms with Crippen LogP contribution in [0.15, 0.2) is 54.6 Å². The molecule has 2 aromatic carbocycles. The second kappa shape index (κ2) is 8.67. The number of carbonyl (C=O) groups excluding carboxylic acids is 1. The first-order valence-electron chi connectivity index (χ1n) is 9.42. The fraction of sp³-hybridized carbons (Fsp3) is 0.304. The highest BCUT2D eigenvalue weighted by Crippen LogP contribution is 2.15. The van der Waals surface area contributed by atoms with Crippen LogP contribution in [0.25, 0.3) is 0 Å². The first kappa shape index (κ1) is 18.9. The van der Waals surface area contributed by atoms with Gasteiger partial charge in [0.05, 0.1) is 12.2 Å². The Labute approximate surface area is 161 Å².